The largest absolute Gasteiger partial charge is 0.497 e. The second kappa shape index (κ2) is 7.98. The maximum absolute atomic E-state index is 12.6. The van der Waals surface area contributed by atoms with E-state index in [1.807, 2.05) is 49.4 Å². The molecule has 0 saturated carbocycles. The maximum Gasteiger partial charge on any atom is 0.267 e. The topological polar surface area (TPSA) is 47.6 Å². The fourth-order valence-electron chi connectivity index (χ4n) is 2.44. The molecule has 1 atom stereocenters. The Labute approximate surface area is 161 Å². The molecule has 1 aromatic heterocycles. The molecule has 3 aromatic rings. The molecule has 136 valence electrons. The zero-order valence-corrected chi connectivity index (χ0v) is 16.4. The number of amides is 1. The third-order valence-corrected chi connectivity index (χ3v) is 5.72. The number of hydrogen-bond donors (Lipinski definition) is 1. The third kappa shape index (κ3) is 3.94. The SMILES string of the molecule is CCC(C)Oc1ccc(NC(=O)c2sc3cc(OC)ccc3c2Cl)cc1. The van der Waals surface area contributed by atoms with Crippen LogP contribution in [-0.4, -0.2) is 19.1 Å². The summed E-state index contributed by atoms with van der Waals surface area (Å²) in [5, 5.41) is 4.19. The fraction of sp³-hybridized carbons (Fsp3) is 0.250. The molecule has 0 aliphatic rings. The Bertz CT molecular complexity index is 921. The van der Waals surface area contributed by atoms with Crippen molar-refractivity contribution in [1.82, 2.24) is 0 Å². The van der Waals surface area contributed by atoms with Gasteiger partial charge in [-0.3, -0.25) is 4.79 Å². The van der Waals surface area contributed by atoms with Gasteiger partial charge in [0.15, 0.2) is 0 Å². The predicted molar refractivity (Wildman–Crippen MR) is 108 cm³/mol. The molecule has 1 N–H and O–H groups in total. The Morgan fingerprint density at radius 3 is 2.54 bits per heavy atom. The highest BCUT2D eigenvalue weighted by Crippen LogP contribution is 2.37. The van der Waals surface area contributed by atoms with Gasteiger partial charge in [-0.25, -0.2) is 0 Å². The Morgan fingerprint density at radius 2 is 1.88 bits per heavy atom. The molecule has 0 radical (unpaired) electrons. The van der Waals surface area contributed by atoms with Gasteiger partial charge in [0.2, 0.25) is 0 Å². The highest BCUT2D eigenvalue weighted by Gasteiger charge is 2.18. The summed E-state index contributed by atoms with van der Waals surface area (Å²) in [4.78, 5) is 13.1. The summed E-state index contributed by atoms with van der Waals surface area (Å²) < 4.78 is 11.9. The van der Waals surface area contributed by atoms with Crippen LogP contribution < -0.4 is 14.8 Å². The molecule has 26 heavy (non-hydrogen) atoms. The van der Waals surface area contributed by atoms with Crippen LogP contribution >= 0.6 is 22.9 Å². The van der Waals surface area contributed by atoms with Gasteiger partial charge in [0.1, 0.15) is 16.4 Å². The van der Waals surface area contributed by atoms with Crippen LogP contribution in [0.15, 0.2) is 42.5 Å². The second-order valence-corrected chi connectivity index (χ2v) is 7.35. The first-order valence-corrected chi connectivity index (χ1v) is 9.55. The van der Waals surface area contributed by atoms with Crippen LogP contribution in [0.25, 0.3) is 10.1 Å². The van der Waals surface area contributed by atoms with E-state index in [0.29, 0.717) is 15.6 Å². The van der Waals surface area contributed by atoms with Crippen LogP contribution in [0.5, 0.6) is 11.5 Å². The number of anilines is 1. The van der Waals surface area contributed by atoms with Gasteiger partial charge in [0, 0.05) is 15.8 Å². The third-order valence-electron chi connectivity index (χ3n) is 4.07. The van der Waals surface area contributed by atoms with E-state index in [1.165, 1.54) is 11.3 Å². The summed E-state index contributed by atoms with van der Waals surface area (Å²) in [5.74, 6) is 1.29. The molecule has 0 fully saturated rings. The molecule has 0 aliphatic carbocycles. The van der Waals surface area contributed by atoms with Crippen molar-refractivity contribution >= 4 is 44.6 Å². The Morgan fingerprint density at radius 1 is 1.19 bits per heavy atom. The van der Waals surface area contributed by atoms with E-state index in [9.17, 15) is 4.79 Å². The van der Waals surface area contributed by atoms with Gasteiger partial charge >= 0.3 is 0 Å². The summed E-state index contributed by atoms with van der Waals surface area (Å²) in [6, 6.07) is 12.9. The minimum Gasteiger partial charge on any atom is -0.497 e. The van der Waals surface area contributed by atoms with Gasteiger partial charge in [-0.05, 0) is 55.8 Å². The number of fused-ring (bicyclic) bond motifs is 1. The lowest BCUT2D eigenvalue weighted by atomic mass is 10.2. The molecule has 3 rings (SSSR count). The standard InChI is InChI=1S/C20H20ClNO3S/c1-4-12(2)25-14-7-5-13(6-8-14)22-20(23)19-18(21)16-10-9-15(24-3)11-17(16)26-19/h5-12H,4H2,1-3H3,(H,22,23). The molecule has 6 heteroatoms. The molecule has 2 aromatic carbocycles. The molecule has 0 saturated heterocycles. The van der Waals surface area contributed by atoms with Crippen molar-refractivity contribution in [3.63, 3.8) is 0 Å². The summed E-state index contributed by atoms with van der Waals surface area (Å²) >= 11 is 7.75. The summed E-state index contributed by atoms with van der Waals surface area (Å²) in [5.41, 5.74) is 0.692. The van der Waals surface area contributed by atoms with Gasteiger partial charge in [-0.1, -0.05) is 18.5 Å². The number of rotatable bonds is 6. The molecule has 1 amide bonds. The maximum atomic E-state index is 12.6. The molecular weight excluding hydrogens is 370 g/mol. The summed E-state index contributed by atoms with van der Waals surface area (Å²) in [6.07, 6.45) is 1.10. The van der Waals surface area contributed by atoms with E-state index in [0.717, 1.165) is 28.0 Å². The van der Waals surface area contributed by atoms with E-state index >= 15 is 0 Å². The van der Waals surface area contributed by atoms with Gasteiger partial charge in [-0.15, -0.1) is 11.3 Å². The number of ether oxygens (including phenoxy) is 2. The molecule has 1 heterocycles. The van der Waals surface area contributed by atoms with Crippen LogP contribution in [0.4, 0.5) is 5.69 Å². The Hall–Kier alpha value is -2.24. The Balaban J connectivity index is 1.77. The summed E-state index contributed by atoms with van der Waals surface area (Å²) in [7, 11) is 1.61. The minimum atomic E-state index is -0.231. The van der Waals surface area contributed by atoms with Crippen LogP contribution in [0.2, 0.25) is 5.02 Å². The van der Waals surface area contributed by atoms with Crippen molar-refractivity contribution in [1.29, 1.82) is 0 Å². The second-order valence-electron chi connectivity index (χ2n) is 5.92. The van der Waals surface area contributed by atoms with Gasteiger partial charge in [-0.2, -0.15) is 0 Å². The first-order chi connectivity index (χ1) is 12.5. The van der Waals surface area contributed by atoms with E-state index in [4.69, 9.17) is 21.1 Å². The smallest absolute Gasteiger partial charge is 0.267 e. The van der Waals surface area contributed by atoms with Crippen LogP contribution in [0.3, 0.4) is 0 Å². The van der Waals surface area contributed by atoms with Crippen molar-refractivity contribution in [2.45, 2.75) is 26.4 Å². The number of carbonyl (C=O) groups excluding carboxylic acids is 1. The zero-order chi connectivity index (χ0) is 18.7. The predicted octanol–water partition coefficient (Wildman–Crippen LogP) is 5.99. The van der Waals surface area contributed by atoms with Crippen molar-refractivity contribution in [2.24, 2.45) is 0 Å². The number of halogens is 1. The number of methoxy groups -OCH3 is 1. The lowest BCUT2D eigenvalue weighted by molar-refractivity contribution is 0.103. The first kappa shape index (κ1) is 18.5. The summed E-state index contributed by atoms with van der Waals surface area (Å²) in [6.45, 7) is 4.09. The zero-order valence-electron chi connectivity index (χ0n) is 14.8. The average Bonchev–Trinajstić information content (AvgIpc) is 2.99. The molecular formula is C20H20ClNO3S. The highest BCUT2D eigenvalue weighted by molar-refractivity contribution is 7.21. The van der Waals surface area contributed by atoms with E-state index in [1.54, 1.807) is 7.11 Å². The number of nitrogens with one attached hydrogen (secondary N) is 1. The molecule has 0 aliphatic heterocycles. The van der Waals surface area contributed by atoms with Crippen molar-refractivity contribution in [2.75, 3.05) is 12.4 Å². The fourth-order valence-corrected chi connectivity index (χ4v) is 3.88. The van der Waals surface area contributed by atoms with Crippen molar-refractivity contribution in [3.8, 4) is 11.5 Å². The van der Waals surface area contributed by atoms with E-state index in [2.05, 4.69) is 12.2 Å². The molecule has 0 bridgehead atoms. The number of carbonyl (C=O) groups is 1. The van der Waals surface area contributed by atoms with Crippen LogP contribution in [0.1, 0.15) is 29.9 Å². The highest BCUT2D eigenvalue weighted by atomic mass is 35.5. The van der Waals surface area contributed by atoms with E-state index < -0.39 is 0 Å². The molecule has 1 unspecified atom stereocenters. The van der Waals surface area contributed by atoms with Crippen molar-refractivity contribution < 1.29 is 14.3 Å². The van der Waals surface area contributed by atoms with Crippen LogP contribution in [0, 0.1) is 0 Å². The number of hydrogen-bond acceptors (Lipinski definition) is 4. The minimum absolute atomic E-state index is 0.157. The molecule has 4 nitrogen and oxygen atoms in total. The van der Waals surface area contributed by atoms with Gasteiger partial charge in [0.05, 0.1) is 18.2 Å². The quantitative estimate of drug-likeness (QED) is 0.563. The normalized spacial score (nSPS) is 12.0. The van der Waals surface area contributed by atoms with E-state index in [-0.39, 0.29) is 12.0 Å². The van der Waals surface area contributed by atoms with Crippen LogP contribution in [-0.2, 0) is 0 Å². The lowest BCUT2D eigenvalue weighted by Gasteiger charge is -2.13. The van der Waals surface area contributed by atoms with Gasteiger partial charge in [0.25, 0.3) is 5.91 Å². The number of benzene rings is 2. The molecule has 0 spiro atoms. The number of thiophene rings is 1. The van der Waals surface area contributed by atoms with Crippen molar-refractivity contribution in [3.05, 3.63) is 52.4 Å². The average molecular weight is 390 g/mol. The monoisotopic (exact) mass is 389 g/mol. The lowest BCUT2D eigenvalue weighted by Crippen LogP contribution is -2.11. The first-order valence-electron chi connectivity index (χ1n) is 8.36. The Kier molecular flexibility index (Phi) is 5.69. The van der Waals surface area contributed by atoms with Gasteiger partial charge < -0.3 is 14.8 Å².